The summed E-state index contributed by atoms with van der Waals surface area (Å²) in [5.41, 5.74) is 4.62. The molecule has 0 fully saturated rings. The molecule has 1 N–H and O–H groups in total. The van der Waals surface area contributed by atoms with E-state index in [1.165, 1.54) is 11.1 Å². The molecule has 0 radical (unpaired) electrons. The SMILES string of the molecule is CCNC(C)c1ccc(N(C)c2cccc(C)c2)c(Cl)c1. The first-order valence-corrected chi connectivity index (χ1v) is 7.74. The van der Waals surface area contributed by atoms with Crippen molar-refractivity contribution in [3.05, 3.63) is 58.6 Å². The molecule has 2 aromatic rings. The zero-order chi connectivity index (χ0) is 15.4. The fourth-order valence-corrected chi connectivity index (χ4v) is 2.78. The summed E-state index contributed by atoms with van der Waals surface area (Å²) in [5.74, 6) is 0. The van der Waals surface area contributed by atoms with E-state index in [1.54, 1.807) is 0 Å². The lowest BCUT2D eigenvalue weighted by atomic mass is 10.1. The smallest absolute Gasteiger partial charge is 0.0646 e. The highest BCUT2D eigenvalue weighted by Crippen LogP contribution is 2.32. The number of hydrogen-bond donors (Lipinski definition) is 1. The molecule has 2 rings (SSSR count). The zero-order valence-electron chi connectivity index (χ0n) is 13.2. The van der Waals surface area contributed by atoms with Crippen LogP contribution in [0.1, 0.15) is 31.0 Å². The molecule has 0 spiro atoms. The van der Waals surface area contributed by atoms with Crippen LogP contribution in [0.4, 0.5) is 11.4 Å². The Morgan fingerprint density at radius 2 is 1.95 bits per heavy atom. The third kappa shape index (κ3) is 3.78. The second-order valence-corrected chi connectivity index (χ2v) is 5.80. The average Bonchev–Trinajstić information content (AvgIpc) is 2.46. The summed E-state index contributed by atoms with van der Waals surface area (Å²) in [4.78, 5) is 2.12. The second kappa shape index (κ2) is 6.97. The first-order chi connectivity index (χ1) is 10.0. The second-order valence-electron chi connectivity index (χ2n) is 5.39. The van der Waals surface area contributed by atoms with Gasteiger partial charge in [-0.3, -0.25) is 0 Å². The summed E-state index contributed by atoms with van der Waals surface area (Å²) in [6.07, 6.45) is 0. The molecule has 2 nitrogen and oxygen atoms in total. The molecule has 112 valence electrons. The van der Waals surface area contributed by atoms with Gasteiger partial charge in [0.05, 0.1) is 10.7 Å². The van der Waals surface area contributed by atoms with E-state index in [-0.39, 0.29) is 0 Å². The Morgan fingerprint density at radius 3 is 2.57 bits per heavy atom. The topological polar surface area (TPSA) is 15.3 Å². The number of anilines is 2. The van der Waals surface area contributed by atoms with E-state index < -0.39 is 0 Å². The van der Waals surface area contributed by atoms with Crippen molar-refractivity contribution in [1.29, 1.82) is 0 Å². The quantitative estimate of drug-likeness (QED) is 0.828. The number of nitrogens with one attached hydrogen (secondary N) is 1. The van der Waals surface area contributed by atoms with Gasteiger partial charge in [0.1, 0.15) is 0 Å². The molecule has 0 aliphatic carbocycles. The number of halogens is 1. The molecule has 0 saturated carbocycles. The summed E-state index contributed by atoms with van der Waals surface area (Å²) in [7, 11) is 2.05. The van der Waals surface area contributed by atoms with Gasteiger partial charge in [-0.25, -0.2) is 0 Å². The van der Waals surface area contributed by atoms with Gasteiger partial charge >= 0.3 is 0 Å². The van der Waals surface area contributed by atoms with Crippen molar-refractivity contribution in [2.45, 2.75) is 26.8 Å². The van der Waals surface area contributed by atoms with Crippen molar-refractivity contribution in [2.24, 2.45) is 0 Å². The molecule has 0 aliphatic heterocycles. The fraction of sp³-hybridized carbons (Fsp3) is 0.333. The molecule has 0 saturated heterocycles. The first kappa shape index (κ1) is 15.9. The van der Waals surface area contributed by atoms with Crippen LogP contribution in [-0.4, -0.2) is 13.6 Å². The van der Waals surface area contributed by atoms with Gasteiger partial charge < -0.3 is 10.2 Å². The lowest BCUT2D eigenvalue weighted by Gasteiger charge is -2.22. The lowest BCUT2D eigenvalue weighted by molar-refractivity contribution is 0.598. The average molecular weight is 303 g/mol. The van der Waals surface area contributed by atoms with E-state index in [0.717, 1.165) is 22.9 Å². The van der Waals surface area contributed by atoms with Gasteiger partial charge in [0.2, 0.25) is 0 Å². The zero-order valence-corrected chi connectivity index (χ0v) is 13.9. The molecule has 0 bridgehead atoms. The van der Waals surface area contributed by atoms with Crippen molar-refractivity contribution >= 4 is 23.0 Å². The van der Waals surface area contributed by atoms with Crippen LogP contribution in [0.2, 0.25) is 5.02 Å². The largest absolute Gasteiger partial charge is 0.343 e. The highest BCUT2D eigenvalue weighted by Gasteiger charge is 2.11. The molecule has 1 unspecified atom stereocenters. The molecule has 21 heavy (non-hydrogen) atoms. The molecule has 0 heterocycles. The van der Waals surface area contributed by atoms with Gasteiger partial charge in [0, 0.05) is 18.8 Å². The van der Waals surface area contributed by atoms with Crippen molar-refractivity contribution in [3.63, 3.8) is 0 Å². The van der Waals surface area contributed by atoms with Crippen molar-refractivity contribution in [2.75, 3.05) is 18.5 Å². The van der Waals surface area contributed by atoms with Gasteiger partial charge in [-0.15, -0.1) is 0 Å². The molecule has 0 aromatic heterocycles. The van der Waals surface area contributed by atoms with E-state index in [4.69, 9.17) is 11.6 Å². The van der Waals surface area contributed by atoms with E-state index in [0.29, 0.717) is 6.04 Å². The fourth-order valence-electron chi connectivity index (χ4n) is 2.46. The minimum atomic E-state index is 0.311. The molecule has 3 heteroatoms. The van der Waals surface area contributed by atoms with Crippen molar-refractivity contribution in [1.82, 2.24) is 5.32 Å². The third-order valence-corrected chi connectivity index (χ3v) is 4.04. The Labute approximate surface area is 132 Å². The number of benzene rings is 2. The minimum absolute atomic E-state index is 0.311. The number of aryl methyl sites for hydroxylation is 1. The van der Waals surface area contributed by atoms with E-state index in [2.05, 4.69) is 73.5 Å². The summed E-state index contributed by atoms with van der Waals surface area (Å²) >= 11 is 6.49. The molecule has 0 aliphatic rings. The first-order valence-electron chi connectivity index (χ1n) is 7.36. The van der Waals surface area contributed by atoms with E-state index in [9.17, 15) is 0 Å². The molecule has 0 amide bonds. The summed E-state index contributed by atoms with van der Waals surface area (Å²) in [6, 6.07) is 15.0. The van der Waals surface area contributed by atoms with Gasteiger partial charge in [-0.05, 0) is 55.8 Å². The van der Waals surface area contributed by atoms with E-state index in [1.807, 2.05) is 7.05 Å². The van der Waals surface area contributed by atoms with Crippen molar-refractivity contribution in [3.8, 4) is 0 Å². The maximum atomic E-state index is 6.49. The highest BCUT2D eigenvalue weighted by molar-refractivity contribution is 6.33. The van der Waals surface area contributed by atoms with Crippen molar-refractivity contribution < 1.29 is 0 Å². The van der Waals surface area contributed by atoms with Crippen LogP contribution >= 0.6 is 11.6 Å². The third-order valence-electron chi connectivity index (χ3n) is 3.73. The predicted octanol–water partition coefficient (Wildman–Crippen LogP) is 5.09. The number of hydrogen-bond acceptors (Lipinski definition) is 2. The van der Waals surface area contributed by atoms with Gasteiger partial charge in [-0.2, -0.15) is 0 Å². The van der Waals surface area contributed by atoms with Crippen LogP contribution in [0.3, 0.4) is 0 Å². The van der Waals surface area contributed by atoms with Gasteiger partial charge in [0.15, 0.2) is 0 Å². The predicted molar refractivity (Wildman–Crippen MR) is 92.8 cm³/mol. The Bertz CT molecular complexity index is 610. The van der Waals surface area contributed by atoms with E-state index >= 15 is 0 Å². The van der Waals surface area contributed by atoms with Crippen LogP contribution < -0.4 is 10.2 Å². The Hall–Kier alpha value is -1.51. The molecule has 2 aromatic carbocycles. The molecular formula is C18H23ClN2. The Kier molecular flexibility index (Phi) is 5.27. The van der Waals surface area contributed by atoms with Gasteiger partial charge in [0.25, 0.3) is 0 Å². The van der Waals surface area contributed by atoms with Crippen LogP contribution in [0.25, 0.3) is 0 Å². The summed E-state index contributed by atoms with van der Waals surface area (Å²) < 4.78 is 0. The number of nitrogens with zero attached hydrogens (tertiary/aromatic N) is 1. The monoisotopic (exact) mass is 302 g/mol. The van der Waals surface area contributed by atoms with Crippen LogP contribution in [0.5, 0.6) is 0 Å². The standard InChI is InChI=1S/C18H23ClN2/c1-5-20-14(3)15-9-10-18(17(19)12-15)21(4)16-8-6-7-13(2)11-16/h6-12,14,20H,5H2,1-4H3. The molecular weight excluding hydrogens is 280 g/mol. The highest BCUT2D eigenvalue weighted by atomic mass is 35.5. The van der Waals surface area contributed by atoms with Crippen LogP contribution in [-0.2, 0) is 0 Å². The van der Waals surface area contributed by atoms with Gasteiger partial charge in [-0.1, -0.05) is 36.7 Å². The Balaban J connectivity index is 2.28. The lowest BCUT2D eigenvalue weighted by Crippen LogP contribution is -2.18. The maximum absolute atomic E-state index is 6.49. The summed E-state index contributed by atoms with van der Waals surface area (Å²) in [5, 5.41) is 4.18. The normalized spacial score (nSPS) is 12.2. The number of rotatable bonds is 5. The Morgan fingerprint density at radius 1 is 1.19 bits per heavy atom. The van der Waals surface area contributed by atoms with Crippen LogP contribution in [0, 0.1) is 6.92 Å². The minimum Gasteiger partial charge on any atom is -0.343 e. The van der Waals surface area contributed by atoms with Crippen LogP contribution in [0.15, 0.2) is 42.5 Å². The molecule has 1 atom stereocenters. The maximum Gasteiger partial charge on any atom is 0.0646 e. The summed E-state index contributed by atoms with van der Waals surface area (Å²) in [6.45, 7) is 7.31.